The molecule has 0 radical (unpaired) electrons. The Labute approximate surface area is 170 Å². The summed E-state index contributed by atoms with van der Waals surface area (Å²) in [4.78, 5) is 19.6. The minimum absolute atomic E-state index is 0.0137. The molecule has 1 aliphatic rings. The van der Waals surface area contributed by atoms with Gasteiger partial charge in [-0.3, -0.25) is 4.79 Å². The average Bonchev–Trinajstić information content (AvgIpc) is 2.79. The molecule has 0 atom stereocenters. The lowest BCUT2D eigenvalue weighted by atomic mass is 10.1. The number of nitrogens with one attached hydrogen (secondary N) is 1. The van der Waals surface area contributed by atoms with E-state index < -0.39 is 0 Å². The molecule has 2 heterocycles. The minimum Gasteiger partial charge on any atom is -0.497 e. The predicted molar refractivity (Wildman–Crippen MR) is 114 cm³/mol. The van der Waals surface area contributed by atoms with E-state index in [1.54, 1.807) is 14.2 Å². The van der Waals surface area contributed by atoms with Gasteiger partial charge < -0.3 is 19.7 Å². The zero-order valence-corrected chi connectivity index (χ0v) is 16.8. The summed E-state index contributed by atoms with van der Waals surface area (Å²) >= 11 is 0. The Balaban J connectivity index is 1.74. The highest BCUT2D eigenvalue weighted by Crippen LogP contribution is 2.31. The van der Waals surface area contributed by atoms with E-state index in [-0.39, 0.29) is 5.91 Å². The number of fused-ring (bicyclic) bond motifs is 1. The molecule has 1 aliphatic heterocycles. The first-order valence-corrected chi connectivity index (χ1v) is 9.87. The maximum absolute atomic E-state index is 13.0. The summed E-state index contributed by atoms with van der Waals surface area (Å²) < 4.78 is 10.6. The summed E-state index contributed by atoms with van der Waals surface area (Å²) in [6.07, 6.45) is 3.28. The van der Waals surface area contributed by atoms with Crippen molar-refractivity contribution in [3.05, 3.63) is 54.2 Å². The third kappa shape index (κ3) is 4.11. The summed E-state index contributed by atoms with van der Waals surface area (Å²) in [5.41, 5.74) is 2.93. The number of benzene rings is 2. The van der Waals surface area contributed by atoms with Gasteiger partial charge in [0.1, 0.15) is 17.2 Å². The minimum atomic E-state index is -0.0137. The Kier molecular flexibility index (Phi) is 5.51. The van der Waals surface area contributed by atoms with E-state index in [1.165, 1.54) is 6.42 Å². The van der Waals surface area contributed by atoms with E-state index in [4.69, 9.17) is 9.47 Å². The van der Waals surface area contributed by atoms with Gasteiger partial charge in [0.05, 0.1) is 25.4 Å². The molecule has 0 aliphatic carbocycles. The van der Waals surface area contributed by atoms with Crippen LogP contribution in [0.2, 0.25) is 0 Å². The van der Waals surface area contributed by atoms with Gasteiger partial charge in [-0.05, 0) is 67.8 Å². The Bertz CT molecular complexity index is 1010. The Morgan fingerprint density at radius 1 is 0.931 bits per heavy atom. The lowest BCUT2D eigenvalue weighted by molar-refractivity contribution is 0.0719. The van der Waals surface area contributed by atoms with Crippen LogP contribution >= 0.6 is 0 Å². The predicted octanol–water partition coefficient (Wildman–Crippen LogP) is 4.62. The summed E-state index contributed by atoms with van der Waals surface area (Å²) in [7, 11) is 3.28. The first-order chi connectivity index (χ1) is 14.2. The van der Waals surface area contributed by atoms with Gasteiger partial charge >= 0.3 is 0 Å². The third-order valence-electron chi connectivity index (χ3n) is 5.25. The molecule has 0 bridgehead atoms. The molecule has 1 saturated heterocycles. The van der Waals surface area contributed by atoms with E-state index in [2.05, 4.69) is 10.3 Å². The smallest absolute Gasteiger partial charge is 0.272 e. The van der Waals surface area contributed by atoms with E-state index in [1.807, 2.05) is 53.4 Å². The van der Waals surface area contributed by atoms with Crippen molar-refractivity contribution in [3.63, 3.8) is 0 Å². The number of ether oxygens (including phenoxy) is 2. The lowest BCUT2D eigenvalue weighted by Gasteiger charge is -2.26. The van der Waals surface area contributed by atoms with Crippen LogP contribution in [0, 0.1) is 0 Å². The van der Waals surface area contributed by atoms with Crippen LogP contribution in [-0.2, 0) is 0 Å². The molecule has 2 aromatic carbocycles. The van der Waals surface area contributed by atoms with Crippen LogP contribution < -0.4 is 14.8 Å². The van der Waals surface area contributed by atoms with Crippen molar-refractivity contribution < 1.29 is 14.3 Å². The number of carbonyl (C=O) groups excluding carboxylic acids is 1. The zero-order chi connectivity index (χ0) is 20.2. The number of nitrogens with zero attached hydrogens (tertiary/aromatic N) is 2. The molecule has 6 heteroatoms. The summed E-state index contributed by atoms with van der Waals surface area (Å²) in [6, 6.07) is 15.2. The number of rotatable bonds is 5. The van der Waals surface area contributed by atoms with Crippen molar-refractivity contribution in [1.82, 2.24) is 9.88 Å². The second-order valence-corrected chi connectivity index (χ2v) is 7.14. The quantitative estimate of drug-likeness (QED) is 0.687. The molecule has 1 N–H and O–H groups in total. The molecule has 1 amide bonds. The average molecular weight is 391 g/mol. The van der Waals surface area contributed by atoms with Gasteiger partial charge in [0.2, 0.25) is 0 Å². The zero-order valence-electron chi connectivity index (χ0n) is 16.8. The van der Waals surface area contributed by atoms with Crippen molar-refractivity contribution in [1.29, 1.82) is 0 Å². The highest BCUT2D eigenvalue weighted by Gasteiger charge is 2.21. The SMILES string of the molecule is COc1ccc(Nc2cc(C(=O)N3CCCCC3)nc3ccc(OC)cc23)cc1. The molecule has 1 aromatic heterocycles. The number of hydrogen-bond acceptors (Lipinski definition) is 5. The number of piperidine rings is 1. The number of aromatic nitrogens is 1. The molecular weight excluding hydrogens is 366 g/mol. The molecule has 0 saturated carbocycles. The molecule has 150 valence electrons. The number of anilines is 2. The summed E-state index contributed by atoms with van der Waals surface area (Å²) in [6.45, 7) is 1.59. The lowest BCUT2D eigenvalue weighted by Crippen LogP contribution is -2.36. The van der Waals surface area contributed by atoms with Gasteiger partial charge in [-0.25, -0.2) is 4.98 Å². The fourth-order valence-electron chi connectivity index (χ4n) is 3.63. The van der Waals surface area contributed by atoms with Crippen LogP contribution in [0.15, 0.2) is 48.5 Å². The number of carbonyl (C=O) groups is 1. The van der Waals surface area contributed by atoms with Crippen molar-refractivity contribution >= 4 is 28.2 Å². The van der Waals surface area contributed by atoms with Gasteiger partial charge in [-0.2, -0.15) is 0 Å². The van der Waals surface area contributed by atoms with Crippen LogP contribution in [0.25, 0.3) is 10.9 Å². The highest BCUT2D eigenvalue weighted by molar-refractivity contribution is 6.01. The maximum atomic E-state index is 13.0. The van der Waals surface area contributed by atoms with Gasteiger partial charge in [-0.15, -0.1) is 0 Å². The second kappa shape index (κ2) is 8.39. The Morgan fingerprint density at radius 2 is 1.62 bits per heavy atom. The van der Waals surface area contributed by atoms with E-state index in [0.29, 0.717) is 5.69 Å². The largest absolute Gasteiger partial charge is 0.497 e. The van der Waals surface area contributed by atoms with Crippen LogP contribution in [0.3, 0.4) is 0 Å². The molecule has 3 aromatic rings. The maximum Gasteiger partial charge on any atom is 0.272 e. The normalized spacial score (nSPS) is 13.9. The van der Waals surface area contributed by atoms with E-state index in [9.17, 15) is 4.79 Å². The van der Waals surface area contributed by atoms with Crippen molar-refractivity contribution in [2.75, 3.05) is 32.6 Å². The topological polar surface area (TPSA) is 63.7 Å². The van der Waals surface area contributed by atoms with E-state index >= 15 is 0 Å². The van der Waals surface area contributed by atoms with Gasteiger partial charge in [0.15, 0.2) is 0 Å². The number of methoxy groups -OCH3 is 2. The van der Waals surface area contributed by atoms with Crippen LogP contribution in [0.5, 0.6) is 11.5 Å². The fourth-order valence-corrected chi connectivity index (χ4v) is 3.63. The molecule has 0 spiro atoms. The number of likely N-dealkylation sites (tertiary alicyclic amines) is 1. The summed E-state index contributed by atoms with van der Waals surface area (Å²) in [5, 5.41) is 4.32. The Morgan fingerprint density at radius 3 is 2.31 bits per heavy atom. The van der Waals surface area contributed by atoms with Crippen LogP contribution in [-0.4, -0.2) is 43.1 Å². The summed E-state index contributed by atoms with van der Waals surface area (Å²) in [5.74, 6) is 1.52. The standard InChI is InChI=1S/C23H25N3O3/c1-28-17-8-6-16(7-9-17)24-21-15-22(23(27)26-12-4-3-5-13-26)25-20-11-10-18(29-2)14-19(20)21/h6-11,14-15H,3-5,12-13H2,1-2H3,(H,24,25). The number of pyridine rings is 1. The molecule has 6 nitrogen and oxygen atoms in total. The van der Waals surface area contributed by atoms with Gasteiger partial charge in [0.25, 0.3) is 5.91 Å². The molecule has 0 unspecified atom stereocenters. The Hall–Kier alpha value is -3.28. The van der Waals surface area contributed by atoms with Crippen molar-refractivity contribution in [2.45, 2.75) is 19.3 Å². The molecule has 29 heavy (non-hydrogen) atoms. The first-order valence-electron chi connectivity index (χ1n) is 9.87. The van der Waals surface area contributed by atoms with Gasteiger partial charge in [-0.1, -0.05) is 0 Å². The monoisotopic (exact) mass is 391 g/mol. The van der Waals surface area contributed by atoms with Gasteiger partial charge in [0, 0.05) is 24.2 Å². The van der Waals surface area contributed by atoms with Crippen molar-refractivity contribution in [2.24, 2.45) is 0 Å². The molecule has 1 fully saturated rings. The molecular formula is C23H25N3O3. The van der Waals surface area contributed by atoms with Crippen LogP contribution in [0.1, 0.15) is 29.8 Å². The highest BCUT2D eigenvalue weighted by atomic mass is 16.5. The fraction of sp³-hybridized carbons (Fsp3) is 0.304. The van der Waals surface area contributed by atoms with Crippen LogP contribution in [0.4, 0.5) is 11.4 Å². The number of amides is 1. The van der Waals surface area contributed by atoms with E-state index in [0.717, 1.165) is 59.7 Å². The second-order valence-electron chi connectivity index (χ2n) is 7.14. The van der Waals surface area contributed by atoms with Crippen molar-refractivity contribution in [3.8, 4) is 11.5 Å². The first kappa shape index (κ1) is 19.1. The number of hydrogen-bond donors (Lipinski definition) is 1. The molecule has 4 rings (SSSR count). The third-order valence-corrected chi connectivity index (χ3v) is 5.25.